The topological polar surface area (TPSA) is 87.9 Å². The van der Waals surface area contributed by atoms with E-state index in [1.165, 1.54) is 12.1 Å². The van der Waals surface area contributed by atoms with E-state index < -0.39 is 27.6 Å². The maximum Gasteiger partial charge on any atom is 0.266 e. The number of sulfonamides is 1. The van der Waals surface area contributed by atoms with Crippen LogP contribution in [0.4, 0.5) is 14.5 Å². The van der Waals surface area contributed by atoms with Gasteiger partial charge in [0, 0.05) is 30.1 Å². The zero-order valence-corrected chi connectivity index (χ0v) is 18.3. The monoisotopic (exact) mass is 467 g/mol. The quantitative estimate of drug-likeness (QED) is 0.475. The maximum atomic E-state index is 15.0. The van der Waals surface area contributed by atoms with Crippen LogP contribution in [0.25, 0.3) is 5.65 Å². The maximum absolute atomic E-state index is 15.0. The lowest BCUT2D eigenvalue weighted by Gasteiger charge is -2.26. The number of pyridine rings is 1. The summed E-state index contributed by atoms with van der Waals surface area (Å²) >= 11 is 0. The molecule has 0 saturated carbocycles. The van der Waals surface area contributed by atoms with Crippen LogP contribution in [0.15, 0.2) is 77.0 Å². The van der Waals surface area contributed by atoms with Crippen molar-refractivity contribution >= 4 is 27.3 Å². The van der Waals surface area contributed by atoms with E-state index in [1.807, 2.05) is 22.7 Å². The van der Waals surface area contributed by atoms with Gasteiger partial charge in [-0.1, -0.05) is 31.2 Å². The molecule has 0 radical (unpaired) electrons. The second-order valence-corrected chi connectivity index (χ2v) is 9.35. The third-order valence-electron chi connectivity index (χ3n) is 5.59. The van der Waals surface area contributed by atoms with Gasteiger partial charge in [0.2, 0.25) is 5.96 Å². The molecular formula is C23H19F2N5O2S. The molecule has 0 unspecified atom stereocenters. The molecule has 1 aliphatic rings. The van der Waals surface area contributed by atoms with Gasteiger partial charge in [0.1, 0.15) is 22.2 Å². The molecule has 0 bridgehead atoms. The van der Waals surface area contributed by atoms with E-state index in [1.54, 1.807) is 37.5 Å². The second kappa shape index (κ2) is 7.96. The third kappa shape index (κ3) is 3.82. The number of halogens is 2. The molecule has 0 fully saturated rings. The van der Waals surface area contributed by atoms with Gasteiger partial charge < -0.3 is 9.72 Å². The van der Waals surface area contributed by atoms with Crippen LogP contribution >= 0.6 is 0 Å². The zero-order valence-electron chi connectivity index (χ0n) is 17.5. The van der Waals surface area contributed by atoms with Crippen LogP contribution in [0.5, 0.6) is 0 Å². The molecule has 0 amide bonds. The van der Waals surface area contributed by atoms with Gasteiger partial charge in [-0.05, 0) is 35.4 Å². The number of rotatable bonds is 4. The van der Waals surface area contributed by atoms with E-state index in [2.05, 4.69) is 20.0 Å². The van der Waals surface area contributed by atoms with Gasteiger partial charge in [0.05, 0.1) is 12.2 Å². The smallest absolute Gasteiger partial charge is 0.266 e. The summed E-state index contributed by atoms with van der Waals surface area (Å²) < 4.78 is 59.4. The predicted molar refractivity (Wildman–Crippen MR) is 121 cm³/mol. The van der Waals surface area contributed by atoms with E-state index in [4.69, 9.17) is 0 Å². The van der Waals surface area contributed by atoms with Crippen LogP contribution in [0.2, 0.25) is 0 Å². The summed E-state index contributed by atoms with van der Waals surface area (Å²) in [7, 11) is -4.01. The average Bonchev–Trinajstić information content (AvgIpc) is 3.25. The highest BCUT2D eigenvalue weighted by atomic mass is 32.2. The summed E-state index contributed by atoms with van der Waals surface area (Å²) in [4.78, 5) is 8.40. The first-order valence-electron chi connectivity index (χ1n) is 10.2. The van der Waals surface area contributed by atoms with Crippen LogP contribution < -0.4 is 10.0 Å². The van der Waals surface area contributed by atoms with Crippen molar-refractivity contribution in [3.63, 3.8) is 0 Å². The fourth-order valence-corrected chi connectivity index (χ4v) is 5.12. The molecule has 1 atom stereocenters. The Morgan fingerprint density at radius 1 is 1.09 bits per heavy atom. The lowest BCUT2D eigenvalue weighted by atomic mass is 9.91. The summed E-state index contributed by atoms with van der Waals surface area (Å²) in [6, 6.07) is 12.0. The lowest BCUT2D eigenvalue weighted by Crippen LogP contribution is -2.41. The van der Waals surface area contributed by atoms with Gasteiger partial charge >= 0.3 is 0 Å². The molecule has 0 spiro atoms. The van der Waals surface area contributed by atoms with E-state index in [0.29, 0.717) is 0 Å². The molecule has 2 N–H and O–H groups in total. The third-order valence-corrected chi connectivity index (χ3v) is 6.97. The molecule has 1 aliphatic heterocycles. The Balaban J connectivity index is 1.54. The van der Waals surface area contributed by atoms with Gasteiger partial charge in [-0.25, -0.2) is 31.9 Å². The van der Waals surface area contributed by atoms with Crippen molar-refractivity contribution in [2.75, 3.05) is 5.32 Å². The first-order chi connectivity index (χ1) is 15.8. The van der Waals surface area contributed by atoms with Crippen molar-refractivity contribution < 1.29 is 17.2 Å². The SMILES string of the molecule is C[C@@H](c1ccccc1F)c1c(F)ccc2c1NC(=NCc1ccc3nccn3c1)NS2(=O)=O. The number of aliphatic imine (C=N–C) groups is 1. The van der Waals surface area contributed by atoms with E-state index in [9.17, 15) is 17.2 Å². The average molecular weight is 468 g/mol. The van der Waals surface area contributed by atoms with E-state index in [-0.39, 0.29) is 34.2 Å². The Morgan fingerprint density at radius 2 is 1.91 bits per heavy atom. The minimum Gasteiger partial charge on any atom is -0.324 e. The summed E-state index contributed by atoms with van der Waals surface area (Å²) in [6.07, 6.45) is 5.30. The van der Waals surface area contributed by atoms with Crippen molar-refractivity contribution in [1.29, 1.82) is 0 Å². The number of anilines is 1. The van der Waals surface area contributed by atoms with E-state index in [0.717, 1.165) is 17.3 Å². The van der Waals surface area contributed by atoms with Crippen LogP contribution in [-0.2, 0) is 16.6 Å². The predicted octanol–water partition coefficient (Wildman–Crippen LogP) is 4.02. The number of guanidine groups is 1. The van der Waals surface area contributed by atoms with Gasteiger partial charge in [-0.3, -0.25) is 0 Å². The van der Waals surface area contributed by atoms with Crippen LogP contribution in [0.3, 0.4) is 0 Å². The molecule has 4 aromatic rings. The first kappa shape index (κ1) is 21.1. The fourth-order valence-electron chi connectivity index (χ4n) is 3.96. The second-order valence-electron chi connectivity index (χ2n) is 7.70. The molecule has 0 saturated heterocycles. The standard InChI is InChI=1S/C23H19F2N5O2S/c1-14(16-4-2-3-5-17(16)24)21-18(25)7-8-19-22(21)28-23(29-33(19,31)32)27-12-15-6-9-20-26-10-11-30(20)13-15/h2-11,13-14H,12H2,1H3,(H2,27,28,29)/t14-/m0/s1. The minimum atomic E-state index is -4.01. The minimum absolute atomic E-state index is 0.0409. The van der Waals surface area contributed by atoms with Gasteiger partial charge in [-0.15, -0.1) is 0 Å². The molecule has 2 aromatic carbocycles. The number of fused-ring (bicyclic) bond motifs is 2. The highest BCUT2D eigenvalue weighted by molar-refractivity contribution is 7.90. The van der Waals surface area contributed by atoms with Crippen molar-refractivity contribution in [3.05, 3.63) is 95.4 Å². The summed E-state index contributed by atoms with van der Waals surface area (Å²) in [6.45, 7) is 1.80. The van der Waals surface area contributed by atoms with Gasteiger partial charge in [0.25, 0.3) is 10.0 Å². The number of hydrogen-bond donors (Lipinski definition) is 2. The van der Waals surface area contributed by atoms with Gasteiger partial charge in [0.15, 0.2) is 0 Å². The Morgan fingerprint density at radius 3 is 2.73 bits per heavy atom. The molecule has 7 nitrogen and oxygen atoms in total. The molecule has 3 heterocycles. The molecule has 33 heavy (non-hydrogen) atoms. The number of nitrogens with one attached hydrogen (secondary N) is 2. The Hall–Kier alpha value is -3.79. The molecule has 0 aliphatic carbocycles. The summed E-state index contributed by atoms with van der Waals surface area (Å²) in [5.74, 6) is -1.92. The molecular weight excluding hydrogens is 448 g/mol. The molecule has 10 heteroatoms. The largest absolute Gasteiger partial charge is 0.324 e. The fraction of sp³-hybridized carbons (Fsp3) is 0.130. The number of imidazole rings is 1. The molecule has 5 rings (SSSR count). The van der Waals surface area contributed by atoms with Crippen LogP contribution in [0.1, 0.15) is 29.5 Å². The first-order valence-corrected chi connectivity index (χ1v) is 11.6. The lowest BCUT2D eigenvalue weighted by molar-refractivity contribution is 0.577. The number of hydrogen-bond acceptors (Lipinski definition) is 4. The number of nitrogens with zero attached hydrogens (tertiary/aromatic N) is 3. The van der Waals surface area contributed by atoms with Crippen LogP contribution in [-0.4, -0.2) is 23.8 Å². The Kier molecular flexibility index (Phi) is 5.09. The normalized spacial score (nSPS) is 16.8. The molecule has 2 aromatic heterocycles. The van der Waals surface area contributed by atoms with E-state index >= 15 is 0 Å². The van der Waals surface area contributed by atoms with Gasteiger partial charge in [-0.2, -0.15) is 0 Å². The number of aromatic nitrogens is 2. The zero-order chi connectivity index (χ0) is 23.2. The summed E-state index contributed by atoms with van der Waals surface area (Å²) in [5, 5.41) is 2.91. The highest BCUT2D eigenvalue weighted by Crippen LogP contribution is 2.38. The van der Waals surface area contributed by atoms with Crippen molar-refractivity contribution in [1.82, 2.24) is 14.1 Å². The van der Waals surface area contributed by atoms with Crippen LogP contribution in [0, 0.1) is 11.6 Å². The van der Waals surface area contributed by atoms with Crippen molar-refractivity contribution in [2.24, 2.45) is 4.99 Å². The Labute approximate surface area is 188 Å². The summed E-state index contributed by atoms with van der Waals surface area (Å²) in [5.41, 5.74) is 1.95. The highest BCUT2D eigenvalue weighted by Gasteiger charge is 2.32. The number of benzene rings is 2. The van der Waals surface area contributed by atoms with Crippen molar-refractivity contribution in [2.45, 2.75) is 24.3 Å². The van der Waals surface area contributed by atoms with Crippen molar-refractivity contribution in [3.8, 4) is 0 Å². The molecule has 168 valence electrons. The Bertz CT molecular complexity index is 1510.